The fraction of sp³-hybridized carbons (Fsp3) is 0.250. The fourth-order valence-electron chi connectivity index (χ4n) is 0.425. The Labute approximate surface area is 55.9 Å². The summed E-state index contributed by atoms with van der Waals surface area (Å²) in [5, 5.41) is 0.409. The molecule has 0 amide bonds. The van der Waals surface area contributed by atoms with Crippen LogP contribution in [-0.4, -0.2) is 15.6 Å². The van der Waals surface area contributed by atoms with Gasteiger partial charge in [0.25, 0.3) is 0 Å². The maximum Gasteiger partial charge on any atom is 0.199 e. The molecule has 0 fully saturated rings. The maximum absolute atomic E-state index is 9.87. The largest absolute Gasteiger partial charge is 0.374 e. The molecule has 0 bridgehead atoms. The number of nitrogens with two attached hydrogens (primary N) is 1. The van der Waals surface area contributed by atoms with E-state index in [1.807, 2.05) is 0 Å². The lowest BCUT2D eigenvalue weighted by molar-refractivity contribution is -0.107. The number of rotatable bonds is 2. The van der Waals surface area contributed by atoms with Crippen LogP contribution in [0.3, 0.4) is 0 Å². The van der Waals surface area contributed by atoms with Crippen LogP contribution in [0.25, 0.3) is 0 Å². The molecule has 0 saturated carbocycles. The van der Waals surface area contributed by atoms with Gasteiger partial charge in [0.1, 0.15) is 6.29 Å². The van der Waals surface area contributed by atoms with E-state index in [2.05, 4.69) is 9.36 Å². The highest BCUT2D eigenvalue weighted by Gasteiger charge is 1.97. The number of hydrogen-bond acceptors (Lipinski definition) is 5. The molecule has 0 saturated heterocycles. The molecular weight excluding hydrogens is 138 g/mol. The average molecular weight is 143 g/mol. The third kappa shape index (κ3) is 1.46. The van der Waals surface area contributed by atoms with E-state index in [1.165, 1.54) is 0 Å². The second kappa shape index (κ2) is 2.54. The Hall–Kier alpha value is -0.970. The van der Waals surface area contributed by atoms with Crippen molar-refractivity contribution in [1.82, 2.24) is 9.36 Å². The molecule has 1 rings (SSSR count). The Kier molecular flexibility index (Phi) is 1.74. The van der Waals surface area contributed by atoms with E-state index in [-0.39, 0.29) is 6.42 Å². The van der Waals surface area contributed by atoms with Crippen molar-refractivity contribution >= 4 is 23.0 Å². The van der Waals surface area contributed by atoms with Gasteiger partial charge in [0.2, 0.25) is 0 Å². The molecule has 5 heteroatoms. The van der Waals surface area contributed by atoms with Gasteiger partial charge in [-0.25, -0.2) is 4.98 Å². The second-order valence-electron chi connectivity index (χ2n) is 1.42. The number of nitrogens with zero attached hydrogens (tertiary/aromatic N) is 2. The highest BCUT2D eigenvalue weighted by Crippen LogP contribution is 2.04. The summed E-state index contributed by atoms with van der Waals surface area (Å²) in [6.07, 6.45) is 1.01. The molecule has 0 aliphatic rings. The summed E-state index contributed by atoms with van der Waals surface area (Å²) < 4.78 is 3.78. The maximum atomic E-state index is 9.87. The van der Waals surface area contributed by atoms with E-state index >= 15 is 0 Å². The first-order valence-corrected chi connectivity index (χ1v) is 3.12. The molecule has 0 aromatic carbocycles. The molecule has 1 heterocycles. The van der Waals surface area contributed by atoms with Gasteiger partial charge in [-0.05, 0) is 0 Å². The Bertz CT molecular complexity index is 209. The summed E-state index contributed by atoms with van der Waals surface area (Å²) in [5.41, 5.74) is 5.24. The van der Waals surface area contributed by atoms with Gasteiger partial charge in [0.15, 0.2) is 11.0 Å². The fourth-order valence-corrected chi connectivity index (χ4v) is 0.885. The van der Waals surface area contributed by atoms with Crippen molar-refractivity contribution in [2.75, 3.05) is 5.73 Å². The van der Waals surface area contributed by atoms with Crippen LogP contribution in [0.1, 0.15) is 5.82 Å². The van der Waals surface area contributed by atoms with Crippen LogP contribution in [0.4, 0.5) is 5.13 Å². The van der Waals surface area contributed by atoms with Gasteiger partial charge in [0.05, 0.1) is 6.42 Å². The molecular formula is C4H5N3OS. The summed E-state index contributed by atoms with van der Waals surface area (Å²) in [7, 11) is 0. The lowest BCUT2D eigenvalue weighted by Crippen LogP contribution is -1.89. The Balaban J connectivity index is 2.72. The van der Waals surface area contributed by atoms with Crippen molar-refractivity contribution in [3.8, 4) is 0 Å². The Morgan fingerprint density at radius 1 is 1.78 bits per heavy atom. The van der Waals surface area contributed by atoms with Gasteiger partial charge < -0.3 is 10.5 Å². The molecule has 9 heavy (non-hydrogen) atoms. The Morgan fingerprint density at radius 3 is 3.00 bits per heavy atom. The van der Waals surface area contributed by atoms with E-state index in [0.717, 1.165) is 17.8 Å². The number of aromatic nitrogens is 2. The highest BCUT2D eigenvalue weighted by molar-refractivity contribution is 7.09. The van der Waals surface area contributed by atoms with E-state index in [0.29, 0.717) is 11.0 Å². The smallest absolute Gasteiger partial charge is 0.199 e. The van der Waals surface area contributed by atoms with E-state index in [9.17, 15) is 4.79 Å². The van der Waals surface area contributed by atoms with Crippen LogP contribution in [0, 0.1) is 0 Å². The first-order chi connectivity index (χ1) is 4.33. The zero-order valence-electron chi connectivity index (χ0n) is 4.57. The number of carbonyl (C=O) groups is 1. The van der Waals surface area contributed by atoms with Crippen molar-refractivity contribution in [1.29, 1.82) is 0 Å². The molecule has 0 aliphatic carbocycles. The van der Waals surface area contributed by atoms with Crippen LogP contribution >= 0.6 is 11.5 Å². The first kappa shape index (κ1) is 6.15. The van der Waals surface area contributed by atoms with Crippen LogP contribution in [-0.2, 0) is 11.2 Å². The molecule has 4 nitrogen and oxygen atoms in total. The minimum Gasteiger partial charge on any atom is -0.374 e. The monoisotopic (exact) mass is 143 g/mol. The van der Waals surface area contributed by atoms with Gasteiger partial charge in [0, 0.05) is 11.5 Å². The predicted octanol–water partition coefficient (Wildman–Crippen LogP) is -0.138. The minimum atomic E-state index is 0.258. The van der Waals surface area contributed by atoms with Crippen molar-refractivity contribution in [2.24, 2.45) is 0 Å². The van der Waals surface area contributed by atoms with Crippen LogP contribution in [0.2, 0.25) is 0 Å². The van der Waals surface area contributed by atoms with Gasteiger partial charge in [-0.15, -0.1) is 0 Å². The van der Waals surface area contributed by atoms with Crippen LogP contribution in [0.15, 0.2) is 0 Å². The third-order valence-corrected chi connectivity index (χ3v) is 1.33. The molecule has 0 atom stereocenters. The molecule has 1 aromatic heterocycles. The topological polar surface area (TPSA) is 68.9 Å². The van der Waals surface area contributed by atoms with Crippen molar-refractivity contribution in [2.45, 2.75) is 6.42 Å². The number of nitrogen functional groups attached to an aromatic ring is 1. The summed E-state index contributed by atoms with van der Waals surface area (Å²) in [6.45, 7) is 0. The zero-order chi connectivity index (χ0) is 6.69. The minimum absolute atomic E-state index is 0.258. The van der Waals surface area contributed by atoms with Crippen molar-refractivity contribution in [3.63, 3.8) is 0 Å². The molecule has 48 valence electrons. The SMILES string of the molecule is Nc1nc(CC=O)ns1. The van der Waals surface area contributed by atoms with Gasteiger partial charge in [-0.1, -0.05) is 0 Å². The van der Waals surface area contributed by atoms with Gasteiger partial charge in [-0.2, -0.15) is 4.37 Å². The lowest BCUT2D eigenvalue weighted by Gasteiger charge is -1.76. The third-order valence-electron chi connectivity index (χ3n) is 0.750. The van der Waals surface area contributed by atoms with Crippen molar-refractivity contribution < 1.29 is 4.79 Å². The molecule has 2 N–H and O–H groups in total. The van der Waals surface area contributed by atoms with Gasteiger partial charge >= 0.3 is 0 Å². The van der Waals surface area contributed by atoms with E-state index < -0.39 is 0 Å². The molecule has 0 unspecified atom stereocenters. The Morgan fingerprint density at radius 2 is 2.56 bits per heavy atom. The second-order valence-corrected chi connectivity index (χ2v) is 2.20. The van der Waals surface area contributed by atoms with E-state index in [4.69, 9.17) is 5.73 Å². The standard InChI is InChI=1S/C4H5N3OS/c5-4-6-3(1-2-8)7-9-4/h2H,1H2,(H2,5,6,7). The van der Waals surface area contributed by atoms with E-state index in [1.54, 1.807) is 0 Å². The summed E-state index contributed by atoms with van der Waals surface area (Å²) in [4.78, 5) is 13.6. The number of anilines is 1. The van der Waals surface area contributed by atoms with Crippen LogP contribution < -0.4 is 5.73 Å². The molecule has 0 radical (unpaired) electrons. The summed E-state index contributed by atoms with van der Waals surface area (Å²) in [5.74, 6) is 0.507. The summed E-state index contributed by atoms with van der Waals surface area (Å²) >= 11 is 1.10. The normalized spacial score (nSPS) is 9.33. The van der Waals surface area contributed by atoms with Gasteiger partial charge in [-0.3, -0.25) is 0 Å². The zero-order valence-corrected chi connectivity index (χ0v) is 5.39. The first-order valence-electron chi connectivity index (χ1n) is 2.34. The molecule has 0 spiro atoms. The lowest BCUT2D eigenvalue weighted by atomic mass is 10.5. The quantitative estimate of drug-likeness (QED) is 0.585. The summed E-state index contributed by atoms with van der Waals surface area (Å²) in [6, 6.07) is 0. The number of aldehydes is 1. The average Bonchev–Trinajstić information content (AvgIpc) is 2.17. The molecule has 1 aromatic rings. The number of carbonyl (C=O) groups excluding carboxylic acids is 1. The molecule has 0 aliphatic heterocycles. The highest BCUT2D eigenvalue weighted by atomic mass is 32.1. The van der Waals surface area contributed by atoms with Crippen LogP contribution in [0.5, 0.6) is 0 Å². The number of hydrogen-bond donors (Lipinski definition) is 1. The predicted molar refractivity (Wildman–Crippen MR) is 34.1 cm³/mol. The van der Waals surface area contributed by atoms with Crippen molar-refractivity contribution in [3.05, 3.63) is 5.82 Å².